The van der Waals surface area contributed by atoms with Crippen molar-refractivity contribution in [3.8, 4) is 85.1 Å². The van der Waals surface area contributed by atoms with Crippen LogP contribution in [-0.2, 0) is 6.42 Å². The Labute approximate surface area is 683 Å². The maximum Gasteiger partial charge on any atom is 0.164 e. The molecule has 7 aromatic heterocycles. The van der Waals surface area contributed by atoms with E-state index in [1.807, 2.05) is 133 Å². The van der Waals surface area contributed by atoms with E-state index in [4.69, 9.17) is 41.5 Å². The van der Waals surface area contributed by atoms with Crippen molar-refractivity contribution in [3.63, 3.8) is 0 Å². The zero-order chi connectivity index (χ0) is 76.9. The molecule has 0 fully saturated rings. The minimum absolute atomic E-state index is 0. The molecule has 1 aliphatic carbocycles. The van der Waals surface area contributed by atoms with Crippen LogP contribution in [0.15, 0.2) is 376 Å². The lowest BCUT2D eigenvalue weighted by Crippen LogP contribution is -2.01. The van der Waals surface area contributed by atoms with E-state index < -0.39 is 0 Å². The first-order chi connectivity index (χ1) is 58.0. The van der Waals surface area contributed by atoms with E-state index >= 15 is 0 Å². The molecule has 547 valence electrons. The Balaban J connectivity index is 0.000000114. The predicted molar refractivity (Wildman–Crippen MR) is 491 cm³/mol. The molecule has 11 heteroatoms. The molecule has 0 bridgehead atoms. The third kappa shape index (κ3) is 10.7. The monoisotopic (exact) mass is 1520 g/mol. The Bertz CT molecular complexity index is 8260. The van der Waals surface area contributed by atoms with Crippen LogP contribution in [0.4, 0.5) is 0 Å². The van der Waals surface area contributed by atoms with E-state index in [2.05, 4.69) is 256 Å². The number of para-hydroxylation sites is 4. The highest BCUT2D eigenvalue weighted by Crippen LogP contribution is 2.49. The van der Waals surface area contributed by atoms with Gasteiger partial charge < -0.3 is 13.4 Å². The molecular formula is C107H64BClN9. The van der Waals surface area contributed by atoms with Gasteiger partial charge in [-0.05, 0) is 128 Å². The van der Waals surface area contributed by atoms with Gasteiger partial charge in [-0.3, -0.25) is 0 Å². The summed E-state index contributed by atoms with van der Waals surface area (Å²) in [5.74, 6) is 3.86. The number of rotatable bonds is 7. The Kier molecular flexibility index (Phi) is 15.8. The maximum absolute atomic E-state index is 6.42. The third-order valence-corrected chi connectivity index (χ3v) is 24.3. The van der Waals surface area contributed by atoms with Gasteiger partial charge in [0, 0.05) is 111 Å². The second kappa shape index (κ2) is 27.2. The van der Waals surface area contributed by atoms with Crippen LogP contribution in [0.25, 0.3) is 226 Å². The first-order valence-corrected chi connectivity index (χ1v) is 40.0. The van der Waals surface area contributed by atoms with Crippen LogP contribution in [0.1, 0.15) is 11.1 Å². The zero-order valence-corrected chi connectivity index (χ0v) is 64.2. The van der Waals surface area contributed by atoms with Crippen molar-refractivity contribution < 1.29 is 0 Å². The van der Waals surface area contributed by atoms with Gasteiger partial charge in [0.2, 0.25) is 0 Å². The number of nitrogens with zero attached hydrogens (tertiary/aromatic N) is 9. The summed E-state index contributed by atoms with van der Waals surface area (Å²) >= 11 is 6.42. The molecule has 26 rings (SSSR count). The standard InChI is InChI=1S/C53H31N5.C29H17N.C25H16ClN3.B/c1-3-15-33(16-4-1)51-54-52(34-17-5-2-6-18-34)56-53(55-51)41-27-29-45(37-21-10-9-20-36(37)41)57-46-28-26-32-14-7-8-19-35(32)49(46)43-30-42-40-24-13-23-39-38-22-11-12-25-44(38)58(50(39)40)47(42)31-48(43)57;1-2-7-20-17(6-1)12-13-18-14-19-15-27-25(16-24(19)28(18)20)23-10-5-9-22-21-8-3-4-11-26(21)30(27)29(22)23;26-22-16-15-21(19-13-7-8-14-20(19)22)25-28-23(17-9-3-1-4-10-17)27-24(29-25)18-11-5-2-6-12-18;/h1-31H;1-13,15-16H,14H2;1-16H;. The highest BCUT2D eigenvalue weighted by atomic mass is 35.5. The molecule has 0 N–H and O–H groups in total. The van der Waals surface area contributed by atoms with Crippen LogP contribution in [0.2, 0.25) is 5.02 Å². The molecule has 0 saturated carbocycles. The van der Waals surface area contributed by atoms with Crippen molar-refractivity contribution in [2.75, 3.05) is 0 Å². The summed E-state index contributed by atoms with van der Waals surface area (Å²) in [6.07, 6.45) is 1.02. The minimum atomic E-state index is 0. The molecule has 0 spiro atoms. The van der Waals surface area contributed by atoms with E-state index in [9.17, 15) is 0 Å². The third-order valence-electron chi connectivity index (χ3n) is 24.0. The van der Waals surface area contributed by atoms with Gasteiger partial charge >= 0.3 is 0 Å². The van der Waals surface area contributed by atoms with Gasteiger partial charge in [-0.1, -0.05) is 321 Å². The van der Waals surface area contributed by atoms with Crippen molar-refractivity contribution >= 4 is 161 Å². The number of benzene rings is 18. The minimum Gasteiger partial charge on any atom is -0.309 e. The largest absolute Gasteiger partial charge is 0.309 e. The smallest absolute Gasteiger partial charge is 0.164 e. The second-order valence-electron chi connectivity index (χ2n) is 30.4. The van der Waals surface area contributed by atoms with Crippen molar-refractivity contribution in [2.24, 2.45) is 0 Å². The van der Waals surface area contributed by atoms with Gasteiger partial charge in [0.25, 0.3) is 0 Å². The molecule has 25 aromatic rings. The van der Waals surface area contributed by atoms with Crippen molar-refractivity contribution in [2.45, 2.75) is 6.42 Å². The molecule has 7 heterocycles. The molecular weight excluding hydrogens is 1460 g/mol. The number of hydrogen-bond acceptors (Lipinski definition) is 6. The van der Waals surface area contributed by atoms with Gasteiger partial charge in [0.15, 0.2) is 34.9 Å². The molecule has 0 aliphatic heterocycles. The number of hydrogen-bond donors (Lipinski definition) is 0. The van der Waals surface area contributed by atoms with Crippen LogP contribution in [0.5, 0.6) is 0 Å². The summed E-state index contributed by atoms with van der Waals surface area (Å²) in [6.45, 7) is 0. The van der Waals surface area contributed by atoms with Gasteiger partial charge in [-0.25, -0.2) is 29.9 Å². The quantitative estimate of drug-likeness (QED) is 0.148. The molecule has 0 unspecified atom stereocenters. The Hall–Kier alpha value is -15.2. The Morgan fingerprint density at radius 2 is 0.627 bits per heavy atom. The first-order valence-electron chi connectivity index (χ1n) is 39.6. The van der Waals surface area contributed by atoms with E-state index in [0.29, 0.717) is 40.0 Å². The van der Waals surface area contributed by atoms with Crippen molar-refractivity contribution in [3.05, 3.63) is 392 Å². The van der Waals surface area contributed by atoms with E-state index in [0.717, 1.165) is 67.0 Å². The van der Waals surface area contributed by atoms with E-state index in [-0.39, 0.29) is 8.41 Å². The molecule has 0 amide bonds. The predicted octanol–water partition coefficient (Wildman–Crippen LogP) is 27.3. The normalized spacial score (nSPS) is 12.0. The summed E-state index contributed by atoms with van der Waals surface area (Å²) in [5.41, 5.74) is 22.6. The molecule has 3 radical (unpaired) electrons. The summed E-state index contributed by atoms with van der Waals surface area (Å²) in [6, 6.07) is 133. The van der Waals surface area contributed by atoms with Crippen molar-refractivity contribution in [1.29, 1.82) is 0 Å². The lowest BCUT2D eigenvalue weighted by atomic mass is 9.97. The SMILES string of the molecule is Clc1ccc(-c2nc(-c3ccccc3)nc(-c3ccccc3)n2)c2ccccc12.[B].c1ccc(-c2nc(-c3ccccc3)nc(-c3ccc(-n4c5cc6c(cc5c5c7ccccc7ccc54)c4cccc5c7ccccc7n6c54)c4ccccc34)n2)cc1.c1ccc2c3c(ccc2c1)Cc1cc2c(cc1-3)c1cccc3c4ccccc4n2c31. The summed E-state index contributed by atoms with van der Waals surface area (Å²) in [5, 5.41) is 23.1. The molecule has 118 heavy (non-hydrogen) atoms. The van der Waals surface area contributed by atoms with E-state index in [1.54, 1.807) is 0 Å². The summed E-state index contributed by atoms with van der Waals surface area (Å²) in [7, 11) is 0. The average Bonchev–Trinajstić information content (AvgIpc) is 1.55. The van der Waals surface area contributed by atoms with Crippen LogP contribution in [0, 0.1) is 0 Å². The average molecular weight is 1520 g/mol. The topological polar surface area (TPSA) is 91.1 Å². The molecule has 0 saturated heterocycles. The summed E-state index contributed by atoms with van der Waals surface area (Å²) in [4.78, 5) is 29.6. The molecule has 9 nitrogen and oxygen atoms in total. The summed E-state index contributed by atoms with van der Waals surface area (Å²) < 4.78 is 7.44. The van der Waals surface area contributed by atoms with Crippen LogP contribution in [0.3, 0.4) is 0 Å². The van der Waals surface area contributed by atoms with E-state index in [1.165, 1.54) is 142 Å². The fraction of sp³-hybridized carbons (Fsp3) is 0.00935. The fourth-order valence-electron chi connectivity index (χ4n) is 18.8. The van der Waals surface area contributed by atoms with Crippen LogP contribution < -0.4 is 0 Å². The first kappa shape index (κ1) is 68.4. The van der Waals surface area contributed by atoms with Gasteiger partial charge in [0.1, 0.15) is 0 Å². The lowest BCUT2D eigenvalue weighted by molar-refractivity contribution is 1.08. The number of halogens is 1. The van der Waals surface area contributed by atoms with Gasteiger partial charge in [-0.15, -0.1) is 0 Å². The molecule has 0 atom stereocenters. The Morgan fingerprint density at radius 3 is 1.17 bits per heavy atom. The van der Waals surface area contributed by atoms with Gasteiger partial charge in [0.05, 0.1) is 49.8 Å². The molecule has 18 aromatic carbocycles. The molecule has 1 aliphatic rings. The van der Waals surface area contributed by atoms with Crippen LogP contribution in [-0.4, -0.2) is 51.7 Å². The number of fused-ring (bicyclic) bond motifs is 24. The number of aromatic nitrogens is 9. The highest BCUT2D eigenvalue weighted by molar-refractivity contribution is 6.36. The highest BCUT2D eigenvalue weighted by Gasteiger charge is 2.28. The Morgan fingerprint density at radius 1 is 0.229 bits per heavy atom. The fourth-order valence-corrected chi connectivity index (χ4v) is 19.1. The zero-order valence-electron chi connectivity index (χ0n) is 63.5. The van der Waals surface area contributed by atoms with Crippen molar-refractivity contribution in [1.82, 2.24) is 43.3 Å². The van der Waals surface area contributed by atoms with Gasteiger partial charge in [-0.2, -0.15) is 0 Å². The lowest BCUT2D eigenvalue weighted by Gasteiger charge is -2.15. The van der Waals surface area contributed by atoms with Crippen LogP contribution >= 0.6 is 11.6 Å². The maximum atomic E-state index is 6.42. The second-order valence-corrected chi connectivity index (χ2v) is 30.8.